The molecule has 0 saturated carbocycles. The van der Waals surface area contributed by atoms with Crippen LogP contribution >= 0.6 is 0 Å². The number of phenols is 2. The normalized spacial score (nSPS) is 25.0. The first-order chi connectivity index (χ1) is 17.8. The number of ether oxygens (including phenoxy) is 2. The molecule has 0 spiro atoms. The van der Waals surface area contributed by atoms with E-state index in [1.54, 1.807) is 6.92 Å². The Bertz CT molecular complexity index is 996. The molecule has 0 radical (unpaired) electrons. The van der Waals surface area contributed by atoms with E-state index >= 15 is 0 Å². The molecule has 0 amide bonds. The van der Waals surface area contributed by atoms with Crippen LogP contribution in [-0.4, -0.2) is 79.8 Å². The second-order valence-electron chi connectivity index (χ2n) is 10.8. The Morgan fingerprint density at radius 1 is 1.05 bits per heavy atom. The van der Waals surface area contributed by atoms with Crippen molar-refractivity contribution in [1.29, 1.82) is 0 Å². The second kappa shape index (κ2) is 14.2. The lowest BCUT2D eigenvalue weighted by Gasteiger charge is -2.42. The molecule has 1 aromatic rings. The first-order valence-corrected chi connectivity index (χ1v) is 13.1. The number of hydrogen-bond donors (Lipinski definition) is 6. The maximum absolute atomic E-state index is 11.2. The number of aromatic hydroxyl groups is 2. The summed E-state index contributed by atoms with van der Waals surface area (Å²) in [7, 11) is 0. The molecule has 9 nitrogen and oxygen atoms in total. The lowest BCUT2D eigenvalue weighted by Crippen LogP contribution is -2.60. The molecular formula is C29H44O9. The molecule has 38 heavy (non-hydrogen) atoms. The van der Waals surface area contributed by atoms with Crippen molar-refractivity contribution in [3.8, 4) is 11.5 Å². The fraction of sp³-hybridized carbons (Fsp3) is 0.621. The number of aliphatic hydroxyl groups is 4. The smallest absolute Gasteiger partial charge is 0.187 e. The molecule has 6 N–H and O–H groups in total. The Morgan fingerprint density at radius 2 is 1.71 bits per heavy atom. The van der Waals surface area contributed by atoms with E-state index in [9.17, 15) is 35.4 Å². The second-order valence-corrected chi connectivity index (χ2v) is 10.8. The number of aryl methyl sites for hydroxylation is 1. The Hall–Kier alpha value is -2.27. The maximum atomic E-state index is 11.2. The van der Waals surface area contributed by atoms with Crippen molar-refractivity contribution in [3.05, 3.63) is 46.1 Å². The van der Waals surface area contributed by atoms with Crippen molar-refractivity contribution in [1.82, 2.24) is 0 Å². The molecule has 1 aliphatic rings. The molecule has 5 atom stereocenters. The van der Waals surface area contributed by atoms with Gasteiger partial charge in [0.25, 0.3) is 0 Å². The van der Waals surface area contributed by atoms with Gasteiger partial charge in [0.05, 0.1) is 17.8 Å². The summed E-state index contributed by atoms with van der Waals surface area (Å²) in [5, 5.41) is 59.9. The van der Waals surface area contributed by atoms with E-state index in [0.29, 0.717) is 30.3 Å². The zero-order chi connectivity index (χ0) is 28.6. The van der Waals surface area contributed by atoms with Crippen LogP contribution in [0.1, 0.15) is 81.3 Å². The van der Waals surface area contributed by atoms with Crippen LogP contribution in [0.2, 0.25) is 0 Å². The summed E-state index contributed by atoms with van der Waals surface area (Å²) in [6.07, 6.45) is 2.59. The van der Waals surface area contributed by atoms with Gasteiger partial charge < -0.3 is 40.1 Å². The van der Waals surface area contributed by atoms with E-state index in [-0.39, 0.29) is 17.1 Å². The Balaban J connectivity index is 1.81. The largest absolute Gasteiger partial charge is 0.508 e. The third kappa shape index (κ3) is 8.62. The minimum atomic E-state index is -1.47. The standard InChI is InChI=1S/C29H44O9/c1-17(8-6-9-18(2)11-12-20-22(32)14-19(3)21(15-30)24(20)33)10-7-13-29(4,5)38-28-27(36)26(35)25(34)23(16-31)37-28/h8,11,14-15,23,25-28,31-36H,6-7,9-10,12-13,16H2,1-5H3/t23-,25+,26+,27+,28+/m0/s1. The molecule has 1 saturated heterocycles. The van der Waals surface area contributed by atoms with Gasteiger partial charge in [-0.1, -0.05) is 23.3 Å². The topological polar surface area (TPSA) is 157 Å². The van der Waals surface area contributed by atoms with Crippen LogP contribution in [0.4, 0.5) is 0 Å². The highest BCUT2D eigenvalue weighted by molar-refractivity contribution is 5.83. The number of hydrogen-bond acceptors (Lipinski definition) is 9. The van der Waals surface area contributed by atoms with Crippen LogP contribution in [0.5, 0.6) is 11.5 Å². The molecular weight excluding hydrogens is 492 g/mol. The molecule has 0 bridgehead atoms. The third-order valence-corrected chi connectivity index (χ3v) is 7.07. The Kier molecular flexibility index (Phi) is 11.9. The highest BCUT2D eigenvalue weighted by Gasteiger charge is 2.45. The van der Waals surface area contributed by atoms with Gasteiger partial charge >= 0.3 is 0 Å². The SMILES string of the molecule is CC(=CCc1c(O)cc(C)c(C=O)c1O)CCC=C(C)CCCC(C)(C)O[C@H]1O[C@@H](CO)[C@@H](O)[C@@H](O)[C@H]1O. The maximum Gasteiger partial charge on any atom is 0.187 e. The molecule has 1 fully saturated rings. The van der Waals surface area contributed by atoms with Crippen LogP contribution in [0.15, 0.2) is 29.4 Å². The van der Waals surface area contributed by atoms with Crippen molar-refractivity contribution in [2.75, 3.05) is 6.61 Å². The predicted molar refractivity (Wildman–Crippen MR) is 143 cm³/mol. The summed E-state index contributed by atoms with van der Waals surface area (Å²) in [6.45, 7) is 8.95. The number of allylic oxidation sites excluding steroid dienone is 4. The molecule has 0 unspecified atom stereocenters. The first-order valence-electron chi connectivity index (χ1n) is 13.1. The summed E-state index contributed by atoms with van der Waals surface area (Å²) in [5.41, 5.74) is 2.75. The van der Waals surface area contributed by atoms with E-state index in [4.69, 9.17) is 9.47 Å². The van der Waals surface area contributed by atoms with Gasteiger partial charge in [0.1, 0.15) is 35.9 Å². The number of aldehydes is 1. The number of aliphatic hydroxyl groups excluding tert-OH is 4. The third-order valence-electron chi connectivity index (χ3n) is 7.07. The summed E-state index contributed by atoms with van der Waals surface area (Å²) < 4.78 is 11.4. The number of carbonyl (C=O) groups excluding carboxylic acids is 1. The molecule has 1 aliphatic heterocycles. The van der Waals surface area contributed by atoms with Gasteiger partial charge in [0, 0.05) is 5.56 Å². The summed E-state index contributed by atoms with van der Waals surface area (Å²) in [5.74, 6) is -0.195. The molecule has 214 valence electrons. The molecule has 9 heteroatoms. The fourth-order valence-corrected chi connectivity index (χ4v) is 4.55. The van der Waals surface area contributed by atoms with Crippen molar-refractivity contribution >= 4 is 6.29 Å². The average Bonchev–Trinajstić information content (AvgIpc) is 2.84. The Labute approximate surface area is 225 Å². The summed E-state index contributed by atoms with van der Waals surface area (Å²) in [6, 6.07) is 1.49. The molecule has 1 heterocycles. The van der Waals surface area contributed by atoms with Crippen molar-refractivity contribution < 1.29 is 44.9 Å². The van der Waals surface area contributed by atoms with Gasteiger partial charge in [-0.3, -0.25) is 4.79 Å². The number of phenolic OH excluding ortho intramolecular Hbond substituents is 2. The number of rotatable bonds is 13. The fourth-order valence-electron chi connectivity index (χ4n) is 4.55. The van der Waals surface area contributed by atoms with E-state index in [1.165, 1.54) is 11.6 Å². The van der Waals surface area contributed by atoms with Crippen LogP contribution in [-0.2, 0) is 15.9 Å². The lowest BCUT2D eigenvalue weighted by molar-refractivity contribution is -0.323. The monoisotopic (exact) mass is 536 g/mol. The van der Waals surface area contributed by atoms with Gasteiger partial charge in [0.15, 0.2) is 12.6 Å². The van der Waals surface area contributed by atoms with Crippen molar-refractivity contribution in [2.45, 2.75) is 109 Å². The number of benzene rings is 1. The minimum Gasteiger partial charge on any atom is -0.508 e. The van der Waals surface area contributed by atoms with Crippen LogP contribution < -0.4 is 0 Å². The van der Waals surface area contributed by atoms with E-state index in [0.717, 1.165) is 31.3 Å². The van der Waals surface area contributed by atoms with Crippen LogP contribution in [0.25, 0.3) is 0 Å². The quantitative estimate of drug-likeness (QED) is 0.165. The lowest BCUT2D eigenvalue weighted by atomic mass is 9.96. The van der Waals surface area contributed by atoms with E-state index < -0.39 is 42.9 Å². The molecule has 2 rings (SSSR count). The summed E-state index contributed by atoms with van der Waals surface area (Å²) >= 11 is 0. The predicted octanol–water partition coefficient (Wildman–Crippen LogP) is 3.20. The number of carbonyl (C=O) groups is 1. The van der Waals surface area contributed by atoms with Crippen molar-refractivity contribution in [3.63, 3.8) is 0 Å². The van der Waals surface area contributed by atoms with Crippen molar-refractivity contribution in [2.24, 2.45) is 0 Å². The van der Waals surface area contributed by atoms with Crippen LogP contribution in [0, 0.1) is 6.92 Å². The zero-order valence-corrected chi connectivity index (χ0v) is 23.1. The van der Waals surface area contributed by atoms with Crippen LogP contribution in [0.3, 0.4) is 0 Å². The van der Waals surface area contributed by atoms with E-state index in [1.807, 2.05) is 26.8 Å². The first kappa shape index (κ1) is 31.9. The van der Waals surface area contributed by atoms with Gasteiger partial charge in [-0.25, -0.2) is 0 Å². The average molecular weight is 537 g/mol. The Morgan fingerprint density at radius 3 is 2.34 bits per heavy atom. The molecule has 1 aromatic carbocycles. The van der Waals surface area contributed by atoms with E-state index in [2.05, 4.69) is 13.0 Å². The van der Waals surface area contributed by atoms with Gasteiger partial charge in [-0.2, -0.15) is 0 Å². The molecule has 0 aromatic heterocycles. The van der Waals surface area contributed by atoms with Gasteiger partial charge in [-0.15, -0.1) is 0 Å². The highest BCUT2D eigenvalue weighted by Crippen LogP contribution is 2.33. The zero-order valence-electron chi connectivity index (χ0n) is 23.1. The molecule has 0 aliphatic carbocycles. The highest BCUT2D eigenvalue weighted by atomic mass is 16.7. The summed E-state index contributed by atoms with van der Waals surface area (Å²) in [4.78, 5) is 11.2. The van der Waals surface area contributed by atoms with Gasteiger partial charge in [0.2, 0.25) is 0 Å². The van der Waals surface area contributed by atoms with Gasteiger partial charge in [-0.05, 0) is 84.8 Å². The minimum absolute atomic E-state index is 0.0242.